The van der Waals surface area contributed by atoms with Gasteiger partial charge in [0.1, 0.15) is 0 Å². The Kier molecular flexibility index (Phi) is 7.15. The Balaban J connectivity index is 0.000000970. The van der Waals surface area contributed by atoms with Gasteiger partial charge in [-0.25, -0.2) is 9.59 Å². The number of amides is 1. The average molecular weight is 391 g/mol. The monoisotopic (exact) mass is 391 g/mol. The van der Waals surface area contributed by atoms with Gasteiger partial charge >= 0.3 is 12.1 Å². The molecule has 0 radical (unpaired) electrons. The molecule has 4 rings (SSSR count). The lowest BCUT2D eigenvalue weighted by molar-refractivity contribution is 0.0698. The van der Waals surface area contributed by atoms with E-state index in [1.54, 1.807) is 12.1 Å². The third kappa shape index (κ3) is 4.29. The van der Waals surface area contributed by atoms with Crippen molar-refractivity contribution in [2.75, 3.05) is 5.32 Å². The summed E-state index contributed by atoms with van der Waals surface area (Å²) in [7, 11) is 0. The van der Waals surface area contributed by atoms with Crippen molar-refractivity contribution < 1.29 is 19.4 Å². The molecule has 0 aliphatic heterocycles. The number of hydrogen-bond donors (Lipinski definition) is 2. The molecule has 1 amide bonds. The Morgan fingerprint density at radius 3 is 1.86 bits per heavy atom. The van der Waals surface area contributed by atoms with Crippen LogP contribution in [0.4, 0.5) is 10.5 Å². The zero-order chi connectivity index (χ0) is 20.1. The lowest BCUT2D eigenvalue weighted by atomic mass is 10.1. The third-order valence-electron chi connectivity index (χ3n) is 4.40. The van der Waals surface area contributed by atoms with Crippen LogP contribution >= 0.6 is 0 Å². The number of aromatic carboxylic acids is 1. The highest BCUT2D eigenvalue weighted by Crippen LogP contribution is 2.45. The molecule has 0 saturated heterocycles. The first-order valence-corrected chi connectivity index (χ1v) is 9.13. The summed E-state index contributed by atoms with van der Waals surface area (Å²) in [5.41, 5.74) is 4.10. The third-order valence-corrected chi connectivity index (χ3v) is 4.40. The first kappa shape index (κ1) is 21.7. The maximum Gasteiger partial charge on any atom is 0.412 e. The van der Waals surface area contributed by atoms with E-state index in [4.69, 9.17) is 4.74 Å². The minimum absolute atomic E-state index is 0. The van der Waals surface area contributed by atoms with Gasteiger partial charge in [-0.1, -0.05) is 81.9 Å². The Hall–Kier alpha value is -3.60. The maximum absolute atomic E-state index is 12.4. The summed E-state index contributed by atoms with van der Waals surface area (Å²) in [5.74, 6) is -1.11. The van der Waals surface area contributed by atoms with E-state index < -0.39 is 18.2 Å². The van der Waals surface area contributed by atoms with Crippen molar-refractivity contribution in [3.8, 4) is 11.1 Å². The van der Waals surface area contributed by atoms with Crippen molar-refractivity contribution in [2.24, 2.45) is 0 Å². The number of ether oxygens (including phenoxy) is 1. The average Bonchev–Trinajstić information content (AvgIpc) is 3.04. The molecule has 3 aromatic carbocycles. The van der Waals surface area contributed by atoms with Crippen molar-refractivity contribution in [1.82, 2.24) is 0 Å². The number of para-hydroxylation sites is 1. The van der Waals surface area contributed by atoms with E-state index in [9.17, 15) is 14.7 Å². The molecule has 29 heavy (non-hydrogen) atoms. The van der Waals surface area contributed by atoms with Crippen molar-refractivity contribution in [3.63, 3.8) is 0 Å². The number of nitrogens with one attached hydrogen (secondary N) is 1. The van der Waals surface area contributed by atoms with Crippen molar-refractivity contribution in [2.45, 2.75) is 27.4 Å². The van der Waals surface area contributed by atoms with Gasteiger partial charge in [0.25, 0.3) is 0 Å². The van der Waals surface area contributed by atoms with Gasteiger partial charge in [-0.05, 0) is 23.3 Å². The molecule has 0 heterocycles. The number of carboxylic acids is 1. The van der Waals surface area contributed by atoms with E-state index in [1.165, 1.54) is 12.1 Å². The quantitative estimate of drug-likeness (QED) is 0.544. The predicted octanol–water partition coefficient (Wildman–Crippen LogP) is 6.37. The van der Waals surface area contributed by atoms with E-state index in [2.05, 4.69) is 5.32 Å². The number of carboxylic acid groups (broad SMARTS) is 1. The number of fused-ring (bicyclic) bond motifs is 3. The topological polar surface area (TPSA) is 75.6 Å². The molecule has 0 unspecified atom stereocenters. The Labute approximate surface area is 171 Å². The van der Waals surface area contributed by atoms with Crippen LogP contribution in [0.25, 0.3) is 11.1 Å². The van der Waals surface area contributed by atoms with E-state index in [-0.39, 0.29) is 18.7 Å². The van der Waals surface area contributed by atoms with Crippen LogP contribution in [0.1, 0.15) is 48.9 Å². The Morgan fingerprint density at radius 2 is 1.31 bits per heavy atom. The summed E-state index contributed by atoms with van der Waals surface area (Å²) in [6, 6.07) is 21.8. The fourth-order valence-corrected chi connectivity index (χ4v) is 3.26. The minimum Gasteiger partial charge on any atom is -0.478 e. The van der Waals surface area contributed by atoms with Crippen LogP contribution in [0.15, 0.2) is 72.8 Å². The lowest BCUT2D eigenvalue weighted by Gasteiger charge is -2.16. The van der Waals surface area contributed by atoms with Gasteiger partial charge < -0.3 is 9.84 Å². The van der Waals surface area contributed by atoms with Crippen molar-refractivity contribution in [1.29, 1.82) is 0 Å². The predicted molar refractivity (Wildman–Crippen MR) is 115 cm³/mol. The molecule has 150 valence electrons. The first-order valence-electron chi connectivity index (χ1n) is 9.13. The van der Waals surface area contributed by atoms with Crippen molar-refractivity contribution >= 4 is 17.7 Å². The van der Waals surface area contributed by atoms with Crippen LogP contribution in [0, 0.1) is 0 Å². The molecule has 0 spiro atoms. The zero-order valence-corrected chi connectivity index (χ0v) is 15.7. The standard InChI is InChI=1S/C21H15NO4.C2H6.CH4/c23-20(24)17-11-5-6-12-18(17)22-21(25)26-19-15-9-3-1-7-13(15)14-8-2-4-10-16(14)19;1-2;/h1-12,19H,(H,22,25)(H,23,24);1-2H3;1H4. The number of hydrogen-bond acceptors (Lipinski definition) is 3. The van der Waals surface area contributed by atoms with Gasteiger partial charge in [0.05, 0.1) is 11.3 Å². The molecule has 1 aliphatic carbocycles. The largest absolute Gasteiger partial charge is 0.478 e. The van der Waals surface area contributed by atoms with Crippen LogP contribution in [0.3, 0.4) is 0 Å². The zero-order valence-electron chi connectivity index (χ0n) is 15.7. The van der Waals surface area contributed by atoms with E-state index in [0.29, 0.717) is 0 Å². The van der Waals surface area contributed by atoms with Crippen molar-refractivity contribution in [3.05, 3.63) is 89.5 Å². The molecule has 0 bridgehead atoms. The molecule has 1 aliphatic rings. The molecular weight excluding hydrogens is 366 g/mol. The highest BCUT2D eigenvalue weighted by molar-refractivity contribution is 5.98. The van der Waals surface area contributed by atoms with Gasteiger partial charge in [0.2, 0.25) is 0 Å². The fourth-order valence-electron chi connectivity index (χ4n) is 3.26. The highest BCUT2D eigenvalue weighted by atomic mass is 16.6. The summed E-state index contributed by atoms with van der Waals surface area (Å²) in [5, 5.41) is 11.8. The smallest absolute Gasteiger partial charge is 0.412 e. The van der Waals surface area contributed by atoms with Crippen LogP contribution in [0.2, 0.25) is 0 Å². The molecule has 0 aromatic heterocycles. The van der Waals surface area contributed by atoms with E-state index in [0.717, 1.165) is 22.3 Å². The van der Waals surface area contributed by atoms with Crippen LogP contribution < -0.4 is 5.32 Å². The molecule has 0 saturated carbocycles. The highest BCUT2D eigenvalue weighted by Gasteiger charge is 2.31. The van der Waals surface area contributed by atoms with Gasteiger partial charge in [-0.3, -0.25) is 5.32 Å². The number of anilines is 1. The molecule has 2 N–H and O–H groups in total. The van der Waals surface area contributed by atoms with Gasteiger partial charge in [0, 0.05) is 11.1 Å². The number of benzene rings is 3. The van der Waals surface area contributed by atoms with Gasteiger partial charge in [-0.2, -0.15) is 0 Å². The SMILES string of the molecule is C.CC.O=C(Nc1ccccc1C(=O)O)OC1c2ccccc2-c2ccccc21. The van der Waals surface area contributed by atoms with E-state index >= 15 is 0 Å². The molecule has 5 heteroatoms. The number of carbonyl (C=O) groups is 2. The molecule has 5 nitrogen and oxygen atoms in total. The summed E-state index contributed by atoms with van der Waals surface area (Å²) in [6.45, 7) is 4.00. The molecule has 0 atom stereocenters. The maximum atomic E-state index is 12.4. The van der Waals surface area contributed by atoms with Gasteiger partial charge in [0.15, 0.2) is 6.10 Å². The molecule has 3 aromatic rings. The second kappa shape index (κ2) is 9.55. The second-order valence-electron chi connectivity index (χ2n) is 5.94. The summed E-state index contributed by atoms with van der Waals surface area (Å²) < 4.78 is 5.66. The second-order valence-corrected chi connectivity index (χ2v) is 5.94. The number of rotatable bonds is 3. The van der Waals surface area contributed by atoms with Crippen LogP contribution in [-0.2, 0) is 4.74 Å². The first-order chi connectivity index (χ1) is 13.6. The fraction of sp³-hybridized carbons (Fsp3) is 0.167. The van der Waals surface area contributed by atoms with Gasteiger partial charge in [-0.15, -0.1) is 0 Å². The normalized spacial score (nSPS) is 11.1. The van der Waals surface area contributed by atoms with Crippen LogP contribution in [-0.4, -0.2) is 17.2 Å². The van der Waals surface area contributed by atoms with Crippen LogP contribution in [0.5, 0.6) is 0 Å². The minimum atomic E-state index is -1.11. The molecular formula is C24H25NO4. The Morgan fingerprint density at radius 1 is 0.828 bits per heavy atom. The number of carbonyl (C=O) groups excluding carboxylic acids is 1. The lowest BCUT2D eigenvalue weighted by Crippen LogP contribution is -2.18. The Bertz CT molecular complexity index is 968. The summed E-state index contributed by atoms with van der Waals surface area (Å²) in [4.78, 5) is 23.7. The molecule has 0 fully saturated rings. The summed E-state index contributed by atoms with van der Waals surface area (Å²) >= 11 is 0. The van der Waals surface area contributed by atoms with E-state index in [1.807, 2.05) is 62.4 Å². The summed E-state index contributed by atoms with van der Waals surface area (Å²) in [6.07, 6.45) is -1.23.